The lowest BCUT2D eigenvalue weighted by Gasteiger charge is -2.37. The van der Waals surface area contributed by atoms with Gasteiger partial charge in [-0.15, -0.1) is 0 Å². The second-order valence-corrected chi connectivity index (χ2v) is 8.03. The number of nitrogens with one attached hydrogen (secondary N) is 1. The highest BCUT2D eigenvalue weighted by Gasteiger charge is 2.29. The maximum Gasteiger partial charge on any atom is 0.0517 e. The Bertz CT molecular complexity index is 273. The van der Waals surface area contributed by atoms with Gasteiger partial charge in [-0.1, -0.05) is 20.8 Å². The standard InChI is InChI=1S/C18H35NO2/c1-18(2,3)16-5-7-17(8-6-16)19-10-4-11-20-13-15-9-12-21-14-15/h15-17,19H,4-14H2,1-3H3. The van der Waals surface area contributed by atoms with Crippen molar-refractivity contribution in [2.24, 2.45) is 17.3 Å². The third-order valence-electron chi connectivity index (χ3n) is 5.23. The van der Waals surface area contributed by atoms with Crippen LogP contribution in [0.4, 0.5) is 0 Å². The fraction of sp³-hybridized carbons (Fsp3) is 1.00. The van der Waals surface area contributed by atoms with E-state index in [4.69, 9.17) is 9.47 Å². The van der Waals surface area contributed by atoms with E-state index in [1.165, 1.54) is 32.1 Å². The third kappa shape index (κ3) is 6.25. The summed E-state index contributed by atoms with van der Waals surface area (Å²) in [4.78, 5) is 0. The Labute approximate surface area is 131 Å². The van der Waals surface area contributed by atoms with Crippen molar-refractivity contribution in [1.29, 1.82) is 0 Å². The summed E-state index contributed by atoms with van der Waals surface area (Å²) in [6.07, 6.45) is 7.78. The van der Waals surface area contributed by atoms with Gasteiger partial charge in [0.25, 0.3) is 0 Å². The molecule has 1 atom stereocenters. The summed E-state index contributed by atoms with van der Waals surface area (Å²) in [5.41, 5.74) is 0.489. The van der Waals surface area contributed by atoms with Crippen molar-refractivity contribution >= 4 is 0 Å². The predicted octanol–water partition coefficient (Wildman–Crippen LogP) is 3.62. The molecule has 3 nitrogen and oxygen atoms in total. The first-order valence-electron chi connectivity index (χ1n) is 8.94. The van der Waals surface area contributed by atoms with Crippen LogP contribution in [0, 0.1) is 17.3 Å². The number of hydrogen-bond acceptors (Lipinski definition) is 3. The molecule has 1 aliphatic heterocycles. The molecule has 0 amide bonds. The number of ether oxygens (including phenoxy) is 2. The Hall–Kier alpha value is -0.120. The van der Waals surface area contributed by atoms with Gasteiger partial charge in [-0.3, -0.25) is 0 Å². The van der Waals surface area contributed by atoms with Crippen LogP contribution in [0.25, 0.3) is 0 Å². The Morgan fingerprint density at radius 3 is 2.48 bits per heavy atom. The molecule has 0 aromatic rings. The Morgan fingerprint density at radius 2 is 1.86 bits per heavy atom. The van der Waals surface area contributed by atoms with E-state index in [9.17, 15) is 0 Å². The van der Waals surface area contributed by atoms with E-state index in [1.54, 1.807) is 0 Å². The Morgan fingerprint density at radius 1 is 1.10 bits per heavy atom. The minimum atomic E-state index is 0.489. The van der Waals surface area contributed by atoms with Gasteiger partial charge in [-0.05, 0) is 56.4 Å². The molecule has 1 saturated heterocycles. The molecule has 0 aromatic heterocycles. The maximum absolute atomic E-state index is 5.75. The van der Waals surface area contributed by atoms with Crippen molar-refractivity contribution in [3.63, 3.8) is 0 Å². The van der Waals surface area contributed by atoms with E-state index < -0.39 is 0 Å². The molecule has 1 aliphatic carbocycles. The molecule has 2 fully saturated rings. The lowest BCUT2D eigenvalue weighted by molar-refractivity contribution is 0.0872. The highest BCUT2D eigenvalue weighted by Crippen LogP contribution is 2.37. The summed E-state index contributed by atoms with van der Waals surface area (Å²) >= 11 is 0. The van der Waals surface area contributed by atoms with Gasteiger partial charge < -0.3 is 14.8 Å². The fourth-order valence-corrected chi connectivity index (χ4v) is 3.61. The first-order chi connectivity index (χ1) is 10.1. The molecule has 0 aromatic carbocycles. The largest absolute Gasteiger partial charge is 0.381 e. The second-order valence-electron chi connectivity index (χ2n) is 8.03. The van der Waals surface area contributed by atoms with E-state index in [-0.39, 0.29) is 0 Å². The molecule has 1 heterocycles. The molecule has 0 bridgehead atoms. The Kier molecular flexibility index (Phi) is 6.97. The topological polar surface area (TPSA) is 30.5 Å². The van der Waals surface area contributed by atoms with Crippen LogP contribution in [0.1, 0.15) is 59.3 Å². The zero-order valence-corrected chi connectivity index (χ0v) is 14.3. The SMILES string of the molecule is CC(C)(C)C1CCC(NCCCOCC2CCOC2)CC1. The smallest absolute Gasteiger partial charge is 0.0517 e. The van der Waals surface area contributed by atoms with Crippen molar-refractivity contribution in [3.05, 3.63) is 0 Å². The monoisotopic (exact) mass is 297 g/mol. The van der Waals surface area contributed by atoms with E-state index in [0.717, 1.165) is 51.4 Å². The fourth-order valence-electron chi connectivity index (χ4n) is 3.61. The molecule has 0 spiro atoms. The Balaban J connectivity index is 1.44. The first kappa shape index (κ1) is 17.2. The molecular weight excluding hydrogens is 262 g/mol. The third-order valence-corrected chi connectivity index (χ3v) is 5.23. The van der Waals surface area contributed by atoms with Crippen LogP contribution in [0.2, 0.25) is 0 Å². The summed E-state index contributed by atoms with van der Waals surface area (Å²) < 4.78 is 11.1. The highest BCUT2D eigenvalue weighted by atomic mass is 16.5. The van der Waals surface area contributed by atoms with Crippen LogP contribution < -0.4 is 5.32 Å². The lowest BCUT2D eigenvalue weighted by Crippen LogP contribution is -2.36. The molecule has 1 unspecified atom stereocenters. The van der Waals surface area contributed by atoms with Crippen molar-refractivity contribution < 1.29 is 9.47 Å². The zero-order chi connectivity index (χ0) is 15.1. The van der Waals surface area contributed by atoms with E-state index >= 15 is 0 Å². The molecule has 0 radical (unpaired) electrons. The van der Waals surface area contributed by atoms with Gasteiger partial charge in [0.1, 0.15) is 0 Å². The van der Waals surface area contributed by atoms with Gasteiger partial charge in [0.05, 0.1) is 13.2 Å². The first-order valence-corrected chi connectivity index (χ1v) is 8.94. The molecule has 2 rings (SSSR count). The van der Waals surface area contributed by atoms with Gasteiger partial charge in [-0.2, -0.15) is 0 Å². The van der Waals surface area contributed by atoms with Gasteiger partial charge in [0, 0.05) is 25.2 Å². The minimum Gasteiger partial charge on any atom is -0.381 e. The van der Waals surface area contributed by atoms with Gasteiger partial charge >= 0.3 is 0 Å². The summed E-state index contributed by atoms with van der Waals surface area (Å²) in [5.74, 6) is 1.55. The summed E-state index contributed by atoms with van der Waals surface area (Å²) in [6.45, 7) is 11.9. The van der Waals surface area contributed by atoms with Gasteiger partial charge in [-0.25, -0.2) is 0 Å². The quantitative estimate of drug-likeness (QED) is 0.728. The molecule has 1 N–H and O–H groups in total. The van der Waals surface area contributed by atoms with Gasteiger partial charge in [0.15, 0.2) is 0 Å². The van der Waals surface area contributed by atoms with Crippen molar-refractivity contribution in [2.75, 3.05) is 33.0 Å². The molecule has 3 heteroatoms. The zero-order valence-electron chi connectivity index (χ0n) is 14.3. The van der Waals surface area contributed by atoms with Crippen molar-refractivity contribution in [1.82, 2.24) is 5.32 Å². The van der Waals surface area contributed by atoms with Crippen molar-refractivity contribution in [2.45, 2.75) is 65.3 Å². The number of rotatable bonds is 7. The number of hydrogen-bond donors (Lipinski definition) is 1. The highest BCUT2D eigenvalue weighted by molar-refractivity contribution is 4.83. The second kappa shape index (κ2) is 8.50. The van der Waals surface area contributed by atoms with E-state index in [0.29, 0.717) is 11.3 Å². The van der Waals surface area contributed by atoms with Crippen LogP contribution in [0.15, 0.2) is 0 Å². The molecular formula is C18H35NO2. The summed E-state index contributed by atoms with van der Waals surface area (Å²) in [7, 11) is 0. The minimum absolute atomic E-state index is 0.489. The van der Waals surface area contributed by atoms with Crippen LogP contribution in [0.5, 0.6) is 0 Å². The lowest BCUT2D eigenvalue weighted by atomic mass is 9.71. The summed E-state index contributed by atoms with van der Waals surface area (Å²) in [5, 5.41) is 3.72. The van der Waals surface area contributed by atoms with E-state index in [2.05, 4.69) is 26.1 Å². The molecule has 1 saturated carbocycles. The van der Waals surface area contributed by atoms with Crippen LogP contribution >= 0.6 is 0 Å². The van der Waals surface area contributed by atoms with Crippen LogP contribution in [-0.4, -0.2) is 39.0 Å². The normalized spacial score (nSPS) is 30.7. The molecule has 124 valence electrons. The predicted molar refractivity (Wildman–Crippen MR) is 87.6 cm³/mol. The average Bonchev–Trinajstić information content (AvgIpc) is 2.95. The summed E-state index contributed by atoms with van der Waals surface area (Å²) in [6, 6.07) is 0.742. The molecule has 2 aliphatic rings. The maximum atomic E-state index is 5.75. The van der Waals surface area contributed by atoms with Crippen LogP contribution in [-0.2, 0) is 9.47 Å². The van der Waals surface area contributed by atoms with Crippen molar-refractivity contribution in [3.8, 4) is 0 Å². The molecule has 21 heavy (non-hydrogen) atoms. The average molecular weight is 297 g/mol. The van der Waals surface area contributed by atoms with Gasteiger partial charge in [0.2, 0.25) is 0 Å². The van der Waals surface area contributed by atoms with Crippen LogP contribution in [0.3, 0.4) is 0 Å². The van der Waals surface area contributed by atoms with E-state index in [1.807, 2.05) is 0 Å².